The van der Waals surface area contributed by atoms with Crippen LogP contribution in [0.25, 0.3) is 11.4 Å². The Morgan fingerprint density at radius 3 is 2.53 bits per heavy atom. The van der Waals surface area contributed by atoms with E-state index in [2.05, 4.69) is 22.7 Å². The number of hydrogen-bond donors (Lipinski definition) is 1. The zero-order valence-corrected chi connectivity index (χ0v) is 11.7. The van der Waals surface area contributed by atoms with E-state index >= 15 is 0 Å². The largest absolute Gasteiger partial charge is 0.399 e. The molecule has 1 heterocycles. The van der Waals surface area contributed by atoms with E-state index in [4.69, 9.17) is 5.73 Å². The predicted molar refractivity (Wildman–Crippen MR) is 80.8 cm³/mol. The Kier molecular flexibility index (Phi) is 5.01. The van der Waals surface area contributed by atoms with Crippen molar-refractivity contribution in [2.24, 2.45) is 0 Å². The van der Waals surface area contributed by atoms with Gasteiger partial charge in [-0.05, 0) is 30.7 Å². The van der Waals surface area contributed by atoms with Crippen LogP contribution < -0.4 is 5.73 Å². The predicted octanol–water partition coefficient (Wildman–Crippen LogP) is 4.10. The molecule has 1 aromatic carbocycles. The normalized spacial score (nSPS) is 10.8. The van der Waals surface area contributed by atoms with Crippen molar-refractivity contribution >= 4 is 5.69 Å². The third-order valence-corrected chi connectivity index (χ3v) is 3.39. The molecule has 3 heteroatoms. The Balaban J connectivity index is 1.96. The molecule has 2 rings (SSSR count). The summed E-state index contributed by atoms with van der Waals surface area (Å²) in [6.07, 6.45) is 10.4. The second-order valence-electron chi connectivity index (χ2n) is 4.98. The first-order valence-corrected chi connectivity index (χ1v) is 7.18. The minimum atomic E-state index is 0.793. The number of nitrogens with two attached hydrogens (primary N) is 1. The number of benzene rings is 1. The second-order valence-corrected chi connectivity index (χ2v) is 4.98. The summed E-state index contributed by atoms with van der Waals surface area (Å²) in [7, 11) is 0. The fraction of sp³-hybridized carbons (Fsp3) is 0.438. The van der Waals surface area contributed by atoms with E-state index in [1.54, 1.807) is 0 Å². The van der Waals surface area contributed by atoms with Crippen LogP contribution in [0.5, 0.6) is 0 Å². The summed E-state index contributed by atoms with van der Waals surface area (Å²) in [6.45, 7) is 3.29. The lowest BCUT2D eigenvalue weighted by atomic mass is 10.1. The van der Waals surface area contributed by atoms with E-state index < -0.39 is 0 Å². The summed E-state index contributed by atoms with van der Waals surface area (Å²) in [4.78, 5) is 4.45. The van der Waals surface area contributed by atoms with Gasteiger partial charge in [0, 0.05) is 30.2 Å². The molecule has 2 aromatic rings. The Labute approximate surface area is 115 Å². The smallest absolute Gasteiger partial charge is 0.139 e. The maximum absolute atomic E-state index is 5.72. The first kappa shape index (κ1) is 13.7. The van der Waals surface area contributed by atoms with Crippen LogP contribution in [0.2, 0.25) is 0 Å². The van der Waals surface area contributed by atoms with Gasteiger partial charge in [-0.3, -0.25) is 0 Å². The SMILES string of the molecule is CCCCCCCn1ccnc1-c1ccc(N)cc1. The first-order valence-electron chi connectivity index (χ1n) is 7.18. The van der Waals surface area contributed by atoms with E-state index in [9.17, 15) is 0 Å². The van der Waals surface area contributed by atoms with Gasteiger partial charge in [-0.1, -0.05) is 32.6 Å². The molecule has 0 aliphatic heterocycles. The van der Waals surface area contributed by atoms with Gasteiger partial charge < -0.3 is 10.3 Å². The van der Waals surface area contributed by atoms with E-state index in [0.29, 0.717) is 0 Å². The number of anilines is 1. The summed E-state index contributed by atoms with van der Waals surface area (Å²) in [5.74, 6) is 1.04. The molecule has 0 unspecified atom stereocenters. The lowest BCUT2D eigenvalue weighted by Gasteiger charge is -2.08. The van der Waals surface area contributed by atoms with Crippen molar-refractivity contribution in [3.63, 3.8) is 0 Å². The average molecular weight is 257 g/mol. The molecule has 0 aliphatic carbocycles. The molecule has 0 atom stereocenters. The Bertz CT molecular complexity index is 485. The van der Waals surface area contributed by atoms with Crippen LogP contribution in [0.15, 0.2) is 36.7 Å². The molecule has 0 saturated heterocycles. The quantitative estimate of drug-likeness (QED) is 0.599. The van der Waals surface area contributed by atoms with Gasteiger partial charge in [0.05, 0.1) is 0 Å². The summed E-state index contributed by atoms with van der Waals surface area (Å²) < 4.78 is 2.23. The second kappa shape index (κ2) is 6.98. The van der Waals surface area contributed by atoms with Crippen molar-refractivity contribution in [1.29, 1.82) is 0 Å². The molecule has 0 aliphatic rings. The zero-order chi connectivity index (χ0) is 13.5. The van der Waals surface area contributed by atoms with Crippen molar-refractivity contribution < 1.29 is 0 Å². The number of imidazole rings is 1. The molecule has 1 aromatic heterocycles. The van der Waals surface area contributed by atoms with Gasteiger partial charge in [0.15, 0.2) is 0 Å². The van der Waals surface area contributed by atoms with Crippen LogP contribution in [0.3, 0.4) is 0 Å². The van der Waals surface area contributed by atoms with Crippen LogP contribution in [0.1, 0.15) is 39.0 Å². The molecule has 19 heavy (non-hydrogen) atoms. The van der Waals surface area contributed by atoms with Gasteiger partial charge in [-0.15, -0.1) is 0 Å². The topological polar surface area (TPSA) is 43.8 Å². The summed E-state index contributed by atoms with van der Waals surface area (Å²) in [5, 5.41) is 0. The van der Waals surface area contributed by atoms with E-state index in [-0.39, 0.29) is 0 Å². The summed E-state index contributed by atoms with van der Waals surface area (Å²) in [6, 6.07) is 7.92. The summed E-state index contributed by atoms with van der Waals surface area (Å²) >= 11 is 0. The highest BCUT2D eigenvalue weighted by Crippen LogP contribution is 2.19. The van der Waals surface area contributed by atoms with Crippen molar-refractivity contribution in [3.8, 4) is 11.4 Å². The number of hydrogen-bond acceptors (Lipinski definition) is 2. The maximum atomic E-state index is 5.72. The molecule has 0 spiro atoms. The fourth-order valence-corrected chi connectivity index (χ4v) is 2.27. The Hall–Kier alpha value is -1.77. The molecular weight excluding hydrogens is 234 g/mol. The van der Waals surface area contributed by atoms with Crippen LogP contribution in [0, 0.1) is 0 Å². The van der Waals surface area contributed by atoms with E-state index in [1.165, 1.54) is 32.1 Å². The van der Waals surface area contributed by atoms with Gasteiger partial charge in [-0.2, -0.15) is 0 Å². The van der Waals surface area contributed by atoms with Crippen molar-refractivity contribution in [2.45, 2.75) is 45.6 Å². The third-order valence-electron chi connectivity index (χ3n) is 3.39. The van der Waals surface area contributed by atoms with Crippen LogP contribution in [-0.4, -0.2) is 9.55 Å². The Morgan fingerprint density at radius 1 is 1.05 bits per heavy atom. The minimum Gasteiger partial charge on any atom is -0.399 e. The fourth-order valence-electron chi connectivity index (χ4n) is 2.27. The number of nitrogen functional groups attached to an aromatic ring is 1. The van der Waals surface area contributed by atoms with Crippen molar-refractivity contribution in [2.75, 3.05) is 5.73 Å². The van der Waals surface area contributed by atoms with E-state index in [0.717, 1.165) is 23.6 Å². The highest BCUT2D eigenvalue weighted by Gasteiger charge is 2.05. The third kappa shape index (κ3) is 3.85. The monoisotopic (exact) mass is 257 g/mol. The number of aryl methyl sites for hydroxylation is 1. The van der Waals surface area contributed by atoms with Gasteiger partial charge in [0.25, 0.3) is 0 Å². The first-order chi connectivity index (χ1) is 9.31. The lowest BCUT2D eigenvalue weighted by Crippen LogP contribution is -2.00. The minimum absolute atomic E-state index is 0.793. The number of aromatic nitrogens is 2. The van der Waals surface area contributed by atoms with Crippen LogP contribution >= 0.6 is 0 Å². The number of unbranched alkanes of at least 4 members (excludes halogenated alkanes) is 4. The molecule has 2 N–H and O–H groups in total. The van der Waals surface area contributed by atoms with Gasteiger partial charge in [0.1, 0.15) is 5.82 Å². The van der Waals surface area contributed by atoms with Crippen LogP contribution in [0.4, 0.5) is 5.69 Å². The van der Waals surface area contributed by atoms with Crippen molar-refractivity contribution in [1.82, 2.24) is 9.55 Å². The molecule has 0 radical (unpaired) electrons. The number of rotatable bonds is 7. The molecule has 0 fully saturated rings. The molecule has 0 bridgehead atoms. The van der Waals surface area contributed by atoms with E-state index in [1.807, 2.05) is 30.5 Å². The molecular formula is C16H23N3. The molecule has 0 saturated carbocycles. The van der Waals surface area contributed by atoms with Crippen molar-refractivity contribution in [3.05, 3.63) is 36.7 Å². The molecule has 3 nitrogen and oxygen atoms in total. The molecule has 0 amide bonds. The molecule has 102 valence electrons. The van der Waals surface area contributed by atoms with Crippen LogP contribution in [-0.2, 0) is 6.54 Å². The number of nitrogens with zero attached hydrogens (tertiary/aromatic N) is 2. The highest BCUT2D eigenvalue weighted by molar-refractivity contribution is 5.59. The van der Waals surface area contributed by atoms with Gasteiger partial charge in [-0.25, -0.2) is 4.98 Å². The lowest BCUT2D eigenvalue weighted by molar-refractivity contribution is 0.571. The average Bonchev–Trinajstić information content (AvgIpc) is 2.88. The zero-order valence-electron chi connectivity index (χ0n) is 11.7. The Morgan fingerprint density at radius 2 is 1.79 bits per heavy atom. The van der Waals surface area contributed by atoms with Gasteiger partial charge >= 0.3 is 0 Å². The van der Waals surface area contributed by atoms with Gasteiger partial charge in [0.2, 0.25) is 0 Å². The highest BCUT2D eigenvalue weighted by atomic mass is 15.1. The standard InChI is InChI=1S/C16H23N3/c1-2-3-4-5-6-12-19-13-11-18-16(19)14-7-9-15(17)10-8-14/h7-11,13H,2-6,12,17H2,1H3. The maximum Gasteiger partial charge on any atom is 0.139 e. The summed E-state index contributed by atoms with van der Waals surface area (Å²) in [5.41, 5.74) is 7.64.